The van der Waals surface area contributed by atoms with Gasteiger partial charge in [0.05, 0.1) is 0 Å². The second-order valence-corrected chi connectivity index (χ2v) is 5.27. The van der Waals surface area contributed by atoms with Gasteiger partial charge in [0.25, 0.3) is 0 Å². The largest absolute Gasteiger partial charge is 0.366 e. The Kier molecular flexibility index (Phi) is 7.56. The Morgan fingerprint density at radius 1 is 1.12 bits per heavy atom. The number of hydrogen-bond donors (Lipinski definition) is 2. The second kappa shape index (κ2) is 8.80. The maximum absolute atomic E-state index is 5.04. The fraction of sp³-hybridized carbons (Fsp3) is 0.923. The van der Waals surface area contributed by atoms with Crippen molar-refractivity contribution in [3.8, 4) is 0 Å². The summed E-state index contributed by atoms with van der Waals surface area (Å²) in [6.45, 7) is 1.02. The van der Waals surface area contributed by atoms with Gasteiger partial charge in [-0.25, -0.2) is 0 Å². The summed E-state index contributed by atoms with van der Waals surface area (Å²) < 4.78 is 0. The summed E-state index contributed by atoms with van der Waals surface area (Å²) in [4.78, 5) is 0. The highest BCUT2D eigenvalue weighted by atomic mass is 32.1. The van der Waals surface area contributed by atoms with Crippen molar-refractivity contribution in [1.29, 1.82) is 0 Å². The number of rotatable bonds is 4. The molecule has 1 aliphatic rings. The molecule has 2 N–H and O–H groups in total. The monoisotopic (exact) mass is 242 g/mol. The van der Waals surface area contributed by atoms with Crippen LogP contribution in [0.15, 0.2) is 0 Å². The van der Waals surface area contributed by atoms with Crippen LogP contribution in [0.2, 0.25) is 0 Å². The second-order valence-electron chi connectivity index (χ2n) is 4.86. The molecule has 0 aromatic heterocycles. The maximum Gasteiger partial charge on any atom is 0.166 e. The van der Waals surface area contributed by atoms with Crippen LogP contribution in [0.4, 0.5) is 0 Å². The van der Waals surface area contributed by atoms with E-state index in [0.717, 1.165) is 17.6 Å². The molecule has 0 bridgehead atoms. The van der Waals surface area contributed by atoms with Gasteiger partial charge in [-0.3, -0.25) is 0 Å². The topological polar surface area (TPSA) is 24.1 Å². The van der Waals surface area contributed by atoms with Gasteiger partial charge in [0.2, 0.25) is 0 Å². The third kappa shape index (κ3) is 6.31. The van der Waals surface area contributed by atoms with Gasteiger partial charge in [0.1, 0.15) is 0 Å². The van der Waals surface area contributed by atoms with E-state index in [-0.39, 0.29) is 0 Å². The van der Waals surface area contributed by atoms with Crippen LogP contribution in [0.3, 0.4) is 0 Å². The molecule has 16 heavy (non-hydrogen) atoms. The standard InChI is InChI=1S/C13H26N2S/c1-14-13(16)15-11-7-10-12-8-5-3-2-4-6-9-12/h12H,2-11H2,1H3,(H2,14,15,16). The van der Waals surface area contributed by atoms with E-state index in [1.807, 2.05) is 7.05 Å². The molecule has 0 aliphatic heterocycles. The summed E-state index contributed by atoms with van der Waals surface area (Å²) >= 11 is 5.04. The normalized spacial score (nSPS) is 18.6. The molecule has 1 rings (SSSR count). The van der Waals surface area contributed by atoms with Crippen molar-refractivity contribution >= 4 is 17.3 Å². The number of nitrogens with one attached hydrogen (secondary N) is 2. The zero-order valence-electron chi connectivity index (χ0n) is 10.6. The lowest BCUT2D eigenvalue weighted by atomic mass is 9.88. The van der Waals surface area contributed by atoms with Gasteiger partial charge in [-0.05, 0) is 31.0 Å². The molecule has 94 valence electrons. The summed E-state index contributed by atoms with van der Waals surface area (Å²) in [5, 5.41) is 6.94. The molecule has 0 spiro atoms. The summed E-state index contributed by atoms with van der Waals surface area (Å²) in [5.74, 6) is 0.977. The van der Waals surface area contributed by atoms with E-state index in [9.17, 15) is 0 Å². The van der Waals surface area contributed by atoms with Crippen LogP contribution in [0.1, 0.15) is 57.8 Å². The van der Waals surface area contributed by atoms with E-state index in [1.54, 1.807) is 0 Å². The molecule has 0 radical (unpaired) electrons. The molecule has 0 amide bonds. The van der Waals surface area contributed by atoms with E-state index in [4.69, 9.17) is 12.2 Å². The number of hydrogen-bond acceptors (Lipinski definition) is 1. The predicted octanol–water partition coefficient (Wildman–Crippen LogP) is 3.22. The summed E-state index contributed by atoms with van der Waals surface area (Å²) in [6.07, 6.45) is 12.8. The van der Waals surface area contributed by atoms with Gasteiger partial charge in [0.15, 0.2) is 5.11 Å². The molecule has 0 saturated heterocycles. The van der Waals surface area contributed by atoms with Crippen LogP contribution < -0.4 is 10.6 Å². The molecule has 0 heterocycles. The molecule has 2 nitrogen and oxygen atoms in total. The van der Waals surface area contributed by atoms with Gasteiger partial charge in [-0.15, -0.1) is 0 Å². The Hall–Kier alpha value is -0.310. The third-order valence-corrected chi connectivity index (χ3v) is 3.87. The van der Waals surface area contributed by atoms with E-state index in [1.165, 1.54) is 57.8 Å². The molecule has 1 saturated carbocycles. The molecule has 0 aromatic rings. The lowest BCUT2D eigenvalue weighted by Gasteiger charge is -2.19. The Balaban J connectivity index is 2.03. The highest BCUT2D eigenvalue weighted by Gasteiger charge is 2.10. The molecule has 0 aromatic carbocycles. The summed E-state index contributed by atoms with van der Waals surface area (Å²) in [7, 11) is 1.87. The Morgan fingerprint density at radius 3 is 2.38 bits per heavy atom. The van der Waals surface area contributed by atoms with Gasteiger partial charge < -0.3 is 10.6 Å². The van der Waals surface area contributed by atoms with Crippen molar-refractivity contribution in [1.82, 2.24) is 10.6 Å². The van der Waals surface area contributed by atoms with Crippen molar-refractivity contribution in [2.45, 2.75) is 57.8 Å². The zero-order valence-corrected chi connectivity index (χ0v) is 11.4. The van der Waals surface area contributed by atoms with E-state index in [0.29, 0.717) is 0 Å². The Labute approximate surface area is 106 Å². The minimum Gasteiger partial charge on any atom is -0.366 e. The van der Waals surface area contributed by atoms with Crippen LogP contribution in [0, 0.1) is 5.92 Å². The molecule has 0 atom stereocenters. The van der Waals surface area contributed by atoms with Crippen LogP contribution >= 0.6 is 12.2 Å². The highest BCUT2D eigenvalue weighted by Crippen LogP contribution is 2.25. The zero-order chi connectivity index (χ0) is 11.6. The molecule has 3 heteroatoms. The van der Waals surface area contributed by atoms with Crippen LogP contribution in [0.5, 0.6) is 0 Å². The Morgan fingerprint density at radius 2 is 1.75 bits per heavy atom. The first-order valence-electron chi connectivity index (χ1n) is 6.78. The fourth-order valence-corrected chi connectivity index (χ4v) is 2.61. The van der Waals surface area contributed by atoms with Gasteiger partial charge in [0, 0.05) is 13.6 Å². The molecule has 1 fully saturated rings. The van der Waals surface area contributed by atoms with Crippen molar-refractivity contribution < 1.29 is 0 Å². The first-order valence-corrected chi connectivity index (χ1v) is 7.19. The van der Waals surface area contributed by atoms with E-state index >= 15 is 0 Å². The van der Waals surface area contributed by atoms with Crippen LogP contribution in [-0.4, -0.2) is 18.7 Å². The van der Waals surface area contributed by atoms with Crippen molar-refractivity contribution in [2.75, 3.05) is 13.6 Å². The minimum atomic E-state index is 0.776. The first-order chi connectivity index (χ1) is 7.83. The first kappa shape index (κ1) is 13.8. The minimum absolute atomic E-state index is 0.776. The SMILES string of the molecule is CNC(=S)NCCCC1CCCCCCC1. The average molecular weight is 242 g/mol. The average Bonchev–Trinajstić information content (AvgIpc) is 2.26. The molecular formula is C13H26N2S. The van der Waals surface area contributed by atoms with Crippen molar-refractivity contribution in [2.24, 2.45) is 5.92 Å². The number of thiocarbonyl (C=S) groups is 1. The molecule has 0 unspecified atom stereocenters. The molecule has 1 aliphatic carbocycles. The Bertz CT molecular complexity index is 186. The maximum atomic E-state index is 5.04. The van der Waals surface area contributed by atoms with Gasteiger partial charge in [-0.2, -0.15) is 0 Å². The summed E-state index contributed by atoms with van der Waals surface area (Å²) in [6, 6.07) is 0. The predicted molar refractivity (Wildman–Crippen MR) is 74.7 cm³/mol. The van der Waals surface area contributed by atoms with Crippen LogP contribution in [-0.2, 0) is 0 Å². The lowest BCUT2D eigenvalue weighted by molar-refractivity contribution is 0.352. The highest BCUT2D eigenvalue weighted by molar-refractivity contribution is 7.80. The van der Waals surface area contributed by atoms with E-state index in [2.05, 4.69) is 10.6 Å². The van der Waals surface area contributed by atoms with Gasteiger partial charge in [-0.1, -0.05) is 44.9 Å². The van der Waals surface area contributed by atoms with Crippen LogP contribution in [0.25, 0.3) is 0 Å². The van der Waals surface area contributed by atoms with E-state index < -0.39 is 0 Å². The smallest absolute Gasteiger partial charge is 0.166 e. The third-order valence-electron chi connectivity index (χ3n) is 3.53. The van der Waals surface area contributed by atoms with Crippen molar-refractivity contribution in [3.63, 3.8) is 0 Å². The summed E-state index contributed by atoms with van der Waals surface area (Å²) in [5.41, 5.74) is 0. The molecular weight excluding hydrogens is 216 g/mol. The van der Waals surface area contributed by atoms with Crippen molar-refractivity contribution in [3.05, 3.63) is 0 Å². The quantitative estimate of drug-likeness (QED) is 0.585. The fourth-order valence-electron chi connectivity index (χ4n) is 2.51. The lowest BCUT2D eigenvalue weighted by Crippen LogP contribution is -2.33. The van der Waals surface area contributed by atoms with Gasteiger partial charge >= 0.3 is 0 Å².